The van der Waals surface area contributed by atoms with Gasteiger partial charge in [0.05, 0.1) is 6.61 Å². The third-order valence-corrected chi connectivity index (χ3v) is 4.43. The number of carboxylic acid groups (broad SMARTS) is 1. The van der Waals surface area contributed by atoms with Crippen LogP contribution in [-0.4, -0.2) is 23.7 Å². The summed E-state index contributed by atoms with van der Waals surface area (Å²) in [5, 5.41) is 9.56. The van der Waals surface area contributed by atoms with E-state index in [0.717, 1.165) is 19.3 Å². The summed E-state index contributed by atoms with van der Waals surface area (Å²) >= 11 is 0. The molecular weight excluding hydrogens is 244 g/mol. The highest BCUT2D eigenvalue weighted by Crippen LogP contribution is 2.39. The van der Waals surface area contributed by atoms with Crippen LogP contribution in [0.3, 0.4) is 0 Å². The van der Waals surface area contributed by atoms with Crippen molar-refractivity contribution in [3.8, 4) is 0 Å². The van der Waals surface area contributed by atoms with Crippen LogP contribution < -0.4 is 0 Å². The van der Waals surface area contributed by atoms with Crippen LogP contribution in [0, 0.1) is 17.3 Å². The first-order chi connectivity index (χ1) is 8.95. The highest BCUT2D eigenvalue weighted by Gasteiger charge is 2.50. The van der Waals surface area contributed by atoms with E-state index in [1.807, 2.05) is 0 Å². The van der Waals surface area contributed by atoms with Gasteiger partial charge in [-0.3, -0.25) is 9.59 Å². The molecule has 0 aromatic rings. The van der Waals surface area contributed by atoms with Crippen LogP contribution in [0.2, 0.25) is 0 Å². The Hall–Kier alpha value is -1.06. The van der Waals surface area contributed by atoms with Crippen LogP contribution in [0.4, 0.5) is 0 Å². The fourth-order valence-electron chi connectivity index (χ4n) is 3.06. The molecule has 1 N–H and O–H groups in total. The van der Waals surface area contributed by atoms with E-state index in [2.05, 4.69) is 0 Å². The van der Waals surface area contributed by atoms with Crippen molar-refractivity contribution in [1.82, 2.24) is 0 Å². The molecule has 1 aliphatic rings. The Bertz CT molecular complexity index is 318. The number of carbonyl (C=O) groups excluding carboxylic acids is 1. The Labute approximate surface area is 115 Å². The molecule has 0 saturated heterocycles. The van der Waals surface area contributed by atoms with E-state index in [9.17, 15) is 14.7 Å². The molecule has 1 unspecified atom stereocenters. The van der Waals surface area contributed by atoms with Gasteiger partial charge in [-0.1, -0.05) is 39.5 Å². The van der Waals surface area contributed by atoms with Gasteiger partial charge >= 0.3 is 11.9 Å². The van der Waals surface area contributed by atoms with Crippen molar-refractivity contribution < 1.29 is 19.4 Å². The average Bonchev–Trinajstić information content (AvgIpc) is 2.82. The second-order valence-electron chi connectivity index (χ2n) is 5.84. The number of hydrogen-bond acceptors (Lipinski definition) is 3. The molecular formula is C15H26O4. The van der Waals surface area contributed by atoms with Gasteiger partial charge in [-0.05, 0) is 31.6 Å². The maximum atomic E-state index is 12.1. The van der Waals surface area contributed by atoms with Gasteiger partial charge in [-0.25, -0.2) is 0 Å². The number of ether oxygens (including phenoxy) is 1. The zero-order valence-corrected chi connectivity index (χ0v) is 12.3. The Kier molecular flexibility index (Phi) is 5.83. The summed E-state index contributed by atoms with van der Waals surface area (Å²) in [7, 11) is 0. The van der Waals surface area contributed by atoms with Crippen LogP contribution in [-0.2, 0) is 14.3 Å². The molecule has 110 valence electrons. The molecule has 0 amide bonds. The molecule has 0 aliphatic heterocycles. The van der Waals surface area contributed by atoms with E-state index in [0.29, 0.717) is 12.3 Å². The van der Waals surface area contributed by atoms with E-state index in [1.54, 1.807) is 20.8 Å². The van der Waals surface area contributed by atoms with E-state index < -0.39 is 17.4 Å². The van der Waals surface area contributed by atoms with Crippen LogP contribution in [0.5, 0.6) is 0 Å². The Balaban J connectivity index is 2.82. The first-order valence-corrected chi connectivity index (χ1v) is 7.35. The van der Waals surface area contributed by atoms with Crippen molar-refractivity contribution in [3.63, 3.8) is 0 Å². The molecule has 4 heteroatoms. The van der Waals surface area contributed by atoms with Crippen molar-refractivity contribution in [2.75, 3.05) is 6.61 Å². The fraction of sp³-hybridized carbons (Fsp3) is 0.867. The molecule has 0 heterocycles. The molecule has 1 saturated carbocycles. The summed E-state index contributed by atoms with van der Waals surface area (Å²) < 4.78 is 5.03. The summed E-state index contributed by atoms with van der Waals surface area (Å²) in [5.74, 6) is -1.30. The number of carbonyl (C=O) groups is 2. The first kappa shape index (κ1) is 16.0. The number of rotatable bonds is 7. The lowest BCUT2D eigenvalue weighted by Gasteiger charge is -2.31. The third-order valence-electron chi connectivity index (χ3n) is 4.43. The minimum Gasteiger partial charge on any atom is -0.480 e. The van der Waals surface area contributed by atoms with Crippen molar-refractivity contribution in [2.45, 2.75) is 59.3 Å². The van der Waals surface area contributed by atoms with Crippen molar-refractivity contribution >= 4 is 11.9 Å². The van der Waals surface area contributed by atoms with Crippen molar-refractivity contribution in [2.24, 2.45) is 17.3 Å². The first-order valence-electron chi connectivity index (χ1n) is 7.35. The van der Waals surface area contributed by atoms with Crippen LogP contribution in [0.25, 0.3) is 0 Å². The van der Waals surface area contributed by atoms with E-state index >= 15 is 0 Å². The zero-order chi connectivity index (χ0) is 14.5. The monoisotopic (exact) mass is 270 g/mol. The lowest BCUT2D eigenvalue weighted by Crippen LogP contribution is -2.45. The van der Waals surface area contributed by atoms with Gasteiger partial charge in [-0.15, -0.1) is 0 Å². The maximum Gasteiger partial charge on any atom is 0.323 e. The van der Waals surface area contributed by atoms with Gasteiger partial charge in [-0.2, -0.15) is 0 Å². The van der Waals surface area contributed by atoms with E-state index in [-0.39, 0.29) is 12.5 Å². The molecule has 0 bridgehead atoms. The quantitative estimate of drug-likeness (QED) is 0.569. The fourth-order valence-corrected chi connectivity index (χ4v) is 3.06. The van der Waals surface area contributed by atoms with Gasteiger partial charge in [0.15, 0.2) is 5.41 Å². The SMILES string of the molecule is CCOC(=O)C(CCC1CCCC1)(C(=O)O)C(C)C. The normalized spacial score (nSPS) is 19.4. The van der Waals surface area contributed by atoms with Crippen molar-refractivity contribution in [1.29, 1.82) is 0 Å². The Morgan fingerprint density at radius 3 is 2.32 bits per heavy atom. The molecule has 1 atom stereocenters. The number of esters is 1. The van der Waals surface area contributed by atoms with Gasteiger partial charge in [0, 0.05) is 0 Å². The maximum absolute atomic E-state index is 12.1. The standard InChI is InChI=1S/C15H26O4/c1-4-19-14(18)15(11(2)3,13(16)17)10-9-12-7-5-6-8-12/h11-12H,4-10H2,1-3H3,(H,16,17). The molecule has 1 fully saturated rings. The van der Waals surface area contributed by atoms with E-state index in [1.165, 1.54) is 12.8 Å². The lowest BCUT2D eigenvalue weighted by molar-refractivity contribution is -0.173. The highest BCUT2D eigenvalue weighted by molar-refractivity contribution is 5.99. The highest BCUT2D eigenvalue weighted by atomic mass is 16.5. The van der Waals surface area contributed by atoms with Crippen LogP contribution >= 0.6 is 0 Å². The lowest BCUT2D eigenvalue weighted by atomic mass is 9.72. The van der Waals surface area contributed by atoms with Gasteiger partial charge < -0.3 is 9.84 Å². The summed E-state index contributed by atoms with van der Waals surface area (Å²) in [6.07, 6.45) is 5.98. The van der Waals surface area contributed by atoms with Gasteiger partial charge in [0.1, 0.15) is 0 Å². The molecule has 0 aromatic heterocycles. The minimum absolute atomic E-state index is 0.226. The summed E-state index contributed by atoms with van der Waals surface area (Å²) in [5.41, 5.74) is -1.38. The predicted molar refractivity (Wildman–Crippen MR) is 72.7 cm³/mol. The number of carboxylic acids is 1. The van der Waals surface area contributed by atoms with E-state index in [4.69, 9.17) is 4.74 Å². The van der Waals surface area contributed by atoms with Crippen LogP contribution in [0.15, 0.2) is 0 Å². The second-order valence-corrected chi connectivity index (χ2v) is 5.84. The summed E-state index contributed by atoms with van der Waals surface area (Å²) in [6.45, 7) is 5.52. The topological polar surface area (TPSA) is 63.6 Å². The molecule has 0 radical (unpaired) electrons. The summed E-state index contributed by atoms with van der Waals surface area (Å²) in [6, 6.07) is 0. The zero-order valence-electron chi connectivity index (χ0n) is 12.3. The van der Waals surface area contributed by atoms with Crippen LogP contribution in [0.1, 0.15) is 59.3 Å². The Morgan fingerprint density at radius 2 is 1.89 bits per heavy atom. The average molecular weight is 270 g/mol. The van der Waals surface area contributed by atoms with Gasteiger partial charge in [0.2, 0.25) is 0 Å². The van der Waals surface area contributed by atoms with Crippen molar-refractivity contribution in [3.05, 3.63) is 0 Å². The molecule has 0 spiro atoms. The Morgan fingerprint density at radius 1 is 1.32 bits per heavy atom. The molecule has 1 rings (SSSR count). The number of hydrogen-bond donors (Lipinski definition) is 1. The third kappa shape index (κ3) is 3.48. The van der Waals surface area contributed by atoms with Gasteiger partial charge in [0.25, 0.3) is 0 Å². The molecule has 19 heavy (non-hydrogen) atoms. The largest absolute Gasteiger partial charge is 0.480 e. The smallest absolute Gasteiger partial charge is 0.323 e. The molecule has 1 aliphatic carbocycles. The molecule has 4 nitrogen and oxygen atoms in total. The molecule has 0 aromatic carbocycles. The minimum atomic E-state index is -1.38. The number of aliphatic carboxylic acids is 1. The second kappa shape index (κ2) is 6.92. The summed E-state index contributed by atoms with van der Waals surface area (Å²) in [4.78, 5) is 23.8. The predicted octanol–water partition coefficient (Wildman–Crippen LogP) is 3.25.